The third-order valence-corrected chi connectivity index (χ3v) is 6.82. The number of ether oxygens (including phenoxy) is 2. The van der Waals surface area contributed by atoms with E-state index >= 15 is 4.39 Å². The number of nitrogens with one attached hydrogen (secondary N) is 1. The lowest BCUT2D eigenvalue weighted by atomic mass is 10.1. The van der Waals surface area contributed by atoms with Gasteiger partial charge in [0.1, 0.15) is 48.2 Å². The first-order valence-corrected chi connectivity index (χ1v) is 11.8. The molecular formula is C25H27FN6O3. The minimum absolute atomic E-state index is 0.0133. The Morgan fingerprint density at radius 3 is 2.89 bits per heavy atom. The average molecular weight is 479 g/mol. The molecule has 0 spiro atoms. The first-order chi connectivity index (χ1) is 17.0. The third-order valence-electron chi connectivity index (χ3n) is 6.82. The zero-order chi connectivity index (χ0) is 24.1. The molecule has 4 N–H and O–H groups in total. The van der Waals surface area contributed by atoms with Crippen molar-refractivity contribution in [3.05, 3.63) is 48.4 Å². The van der Waals surface area contributed by atoms with E-state index in [-0.39, 0.29) is 6.61 Å². The Morgan fingerprint density at radius 1 is 1.26 bits per heavy atom. The summed E-state index contributed by atoms with van der Waals surface area (Å²) in [4.78, 5) is 13.0. The first-order valence-electron chi connectivity index (χ1n) is 11.8. The molecule has 2 aliphatic rings. The fourth-order valence-corrected chi connectivity index (χ4v) is 4.74. The van der Waals surface area contributed by atoms with E-state index in [1.807, 2.05) is 36.5 Å². The van der Waals surface area contributed by atoms with Crippen LogP contribution in [0, 0.1) is 5.92 Å². The highest BCUT2D eigenvalue weighted by Gasteiger charge is 2.46. The summed E-state index contributed by atoms with van der Waals surface area (Å²) in [6.45, 7) is -0.0133. The Hall–Kier alpha value is -3.50. The van der Waals surface area contributed by atoms with Crippen molar-refractivity contribution in [2.45, 2.75) is 43.9 Å². The molecule has 10 heteroatoms. The second-order valence-corrected chi connectivity index (χ2v) is 9.28. The highest BCUT2D eigenvalue weighted by molar-refractivity contribution is 5.90. The Bertz CT molecular complexity index is 1390. The van der Waals surface area contributed by atoms with Gasteiger partial charge in [-0.2, -0.15) is 0 Å². The van der Waals surface area contributed by atoms with E-state index in [1.54, 1.807) is 11.6 Å². The Labute approximate surface area is 201 Å². The van der Waals surface area contributed by atoms with Gasteiger partial charge in [0.25, 0.3) is 0 Å². The van der Waals surface area contributed by atoms with Crippen molar-refractivity contribution >= 4 is 33.6 Å². The number of nitrogens with zero attached hydrogens (tertiary/aromatic N) is 4. The molecule has 1 aliphatic heterocycles. The molecule has 1 aliphatic carbocycles. The molecule has 2 fully saturated rings. The highest BCUT2D eigenvalue weighted by Crippen LogP contribution is 2.40. The topological polar surface area (TPSA) is 120 Å². The zero-order valence-corrected chi connectivity index (χ0v) is 19.3. The number of hydrogen-bond acceptors (Lipinski definition) is 8. The van der Waals surface area contributed by atoms with Crippen LogP contribution >= 0.6 is 0 Å². The number of fused-ring (bicyclic) bond motifs is 2. The molecule has 4 aromatic rings. The number of benzene rings is 1. The van der Waals surface area contributed by atoms with E-state index in [9.17, 15) is 5.11 Å². The fourth-order valence-electron chi connectivity index (χ4n) is 4.74. The van der Waals surface area contributed by atoms with Gasteiger partial charge in [-0.15, -0.1) is 0 Å². The maximum atomic E-state index is 15.3. The monoisotopic (exact) mass is 478 g/mol. The van der Waals surface area contributed by atoms with Crippen LogP contribution in [0.15, 0.2) is 42.9 Å². The van der Waals surface area contributed by atoms with Crippen LogP contribution in [0.25, 0.3) is 21.9 Å². The van der Waals surface area contributed by atoms with Gasteiger partial charge >= 0.3 is 0 Å². The Kier molecular flexibility index (Phi) is 5.42. The average Bonchev–Trinajstić information content (AvgIpc) is 3.55. The molecule has 4 atom stereocenters. The molecule has 6 rings (SSSR count). The van der Waals surface area contributed by atoms with Crippen molar-refractivity contribution in [1.29, 1.82) is 0 Å². The number of aromatic nitrogens is 4. The van der Waals surface area contributed by atoms with Crippen LogP contribution in [0.1, 0.15) is 24.6 Å². The largest absolute Gasteiger partial charge is 0.491 e. The van der Waals surface area contributed by atoms with Crippen molar-refractivity contribution < 1.29 is 19.0 Å². The maximum absolute atomic E-state index is 15.3. The predicted molar refractivity (Wildman–Crippen MR) is 130 cm³/mol. The summed E-state index contributed by atoms with van der Waals surface area (Å²) in [5.74, 6) is 2.28. The van der Waals surface area contributed by atoms with E-state index in [1.165, 1.54) is 19.2 Å². The van der Waals surface area contributed by atoms with Gasteiger partial charge in [0.2, 0.25) is 0 Å². The molecule has 9 nitrogen and oxygen atoms in total. The van der Waals surface area contributed by atoms with Crippen molar-refractivity contribution in [3.8, 4) is 5.75 Å². The number of aliphatic hydroxyl groups is 1. The molecule has 182 valence electrons. The lowest BCUT2D eigenvalue weighted by Crippen LogP contribution is -2.32. The lowest BCUT2D eigenvalue weighted by Gasteiger charge is -2.17. The van der Waals surface area contributed by atoms with Crippen LogP contribution < -0.4 is 15.8 Å². The van der Waals surface area contributed by atoms with Crippen molar-refractivity contribution in [2.75, 3.05) is 24.7 Å². The van der Waals surface area contributed by atoms with Crippen LogP contribution in [0.4, 0.5) is 16.0 Å². The summed E-state index contributed by atoms with van der Waals surface area (Å²) in [5, 5.41) is 15.3. The summed E-state index contributed by atoms with van der Waals surface area (Å²) in [6.07, 6.45) is 1.49. The summed E-state index contributed by atoms with van der Waals surface area (Å²) < 4.78 is 28.8. The van der Waals surface area contributed by atoms with Crippen LogP contribution in [-0.4, -0.2) is 56.7 Å². The minimum atomic E-state index is -1.65. The minimum Gasteiger partial charge on any atom is -0.491 e. The molecule has 0 bridgehead atoms. The smallest absolute Gasteiger partial charge is 0.173 e. The number of nitrogen functional groups attached to an aromatic ring is 1. The molecular weight excluding hydrogens is 451 g/mol. The van der Waals surface area contributed by atoms with Crippen molar-refractivity contribution in [3.63, 3.8) is 0 Å². The molecule has 4 heterocycles. The summed E-state index contributed by atoms with van der Waals surface area (Å²) in [5.41, 5.74) is 8.40. The molecule has 3 aromatic heterocycles. The molecule has 1 aromatic carbocycles. The van der Waals surface area contributed by atoms with Crippen LogP contribution in [0.5, 0.6) is 5.75 Å². The molecule has 1 saturated heterocycles. The molecule has 0 unspecified atom stereocenters. The van der Waals surface area contributed by atoms with Crippen LogP contribution in [0.3, 0.4) is 0 Å². The number of rotatable bonds is 7. The molecule has 35 heavy (non-hydrogen) atoms. The number of anilines is 2. The second-order valence-electron chi connectivity index (χ2n) is 9.28. The van der Waals surface area contributed by atoms with E-state index in [0.717, 1.165) is 34.1 Å². The SMILES string of the molecule is CNc1ccc2ccc(OC[C@H]3O[C@@H](n4cc(CC5CC5)c5c(N)ncnc54)[C@@H](F)[C@@H]3O)cc2n1. The van der Waals surface area contributed by atoms with E-state index in [2.05, 4.69) is 20.3 Å². The summed E-state index contributed by atoms with van der Waals surface area (Å²) in [6, 6.07) is 9.40. The first kappa shape index (κ1) is 22.0. The number of aliphatic hydroxyl groups excluding tert-OH is 1. The fraction of sp³-hybridized carbons (Fsp3) is 0.400. The normalized spacial score (nSPS) is 24.3. The van der Waals surface area contributed by atoms with Crippen molar-refractivity contribution in [1.82, 2.24) is 19.5 Å². The van der Waals surface area contributed by atoms with Gasteiger partial charge < -0.3 is 30.2 Å². The number of pyridine rings is 1. The maximum Gasteiger partial charge on any atom is 0.173 e. The quantitative estimate of drug-likeness (QED) is 0.370. The van der Waals surface area contributed by atoms with Gasteiger partial charge in [0.15, 0.2) is 12.4 Å². The van der Waals surface area contributed by atoms with Gasteiger partial charge in [-0.3, -0.25) is 0 Å². The van der Waals surface area contributed by atoms with Gasteiger partial charge in [-0.25, -0.2) is 19.3 Å². The Balaban J connectivity index is 1.23. The molecule has 0 radical (unpaired) electrons. The van der Waals surface area contributed by atoms with Gasteiger partial charge in [-0.05, 0) is 55.0 Å². The molecule has 1 saturated carbocycles. The standard InChI is InChI=1S/C25H27FN6O3/c1-28-19-7-5-14-4-6-16(9-17(14)31-19)34-11-18-22(33)21(26)25(35-18)32-10-15(8-13-2-3-13)20-23(27)29-12-30-24(20)32/h4-7,9-10,12-13,18,21-22,25,33H,2-3,8,11H2,1H3,(H,28,31)(H2,27,29,30)/t18-,21+,22-,25-/m1/s1. The number of nitrogens with two attached hydrogens (primary N) is 1. The number of hydrogen-bond donors (Lipinski definition) is 3. The highest BCUT2D eigenvalue weighted by atomic mass is 19.1. The third kappa shape index (κ3) is 4.02. The molecule has 0 amide bonds. The summed E-state index contributed by atoms with van der Waals surface area (Å²) >= 11 is 0. The summed E-state index contributed by atoms with van der Waals surface area (Å²) in [7, 11) is 1.81. The van der Waals surface area contributed by atoms with E-state index in [4.69, 9.17) is 15.2 Å². The number of halogens is 1. The van der Waals surface area contributed by atoms with Gasteiger partial charge in [-0.1, -0.05) is 0 Å². The lowest BCUT2D eigenvalue weighted by molar-refractivity contribution is -0.0411. The van der Waals surface area contributed by atoms with E-state index in [0.29, 0.717) is 23.1 Å². The second kappa shape index (κ2) is 8.62. The Morgan fingerprint density at radius 2 is 2.09 bits per heavy atom. The van der Waals surface area contributed by atoms with E-state index < -0.39 is 24.6 Å². The van der Waals surface area contributed by atoms with Crippen molar-refractivity contribution in [2.24, 2.45) is 5.92 Å². The van der Waals surface area contributed by atoms with Gasteiger partial charge in [0, 0.05) is 24.7 Å². The van der Waals surface area contributed by atoms with Crippen LogP contribution in [-0.2, 0) is 11.2 Å². The van der Waals surface area contributed by atoms with Crippen LogP contribution in [0.2, 0.25) is 0 Å². The zero-order valence-electron chi connectivity index (χ0n) is 19.3. The van der Waals surface area contributed by atoms with Gasteiger partial charge in [0.05, 0.1) is 10.9 Å². The number of alkyl halides is 1. The predicted octanol–water partition coefficient (Wildman–Crippen LogP) is 3.23.